The van der Waals surface area contributed by atoms with Gasteiger partial charge in [0.05, 0.1) is 25.3 Å². The van der Waals surface area contributed by atoms with Crippen LogP contribution in [0, 0.1) is 0 Å². The molecule has 9 heteroatoms. The van der Waals surface area contributed by atoms with E-state index in [0.717, 1.165) is 18.5 Å². The third-order valence-electron chi connectivity index (χ3n) is 5.88. The van der Waals surface area contributed by atoms with Gasteiger partial charge in [0.25, 0.3) is 5.56 Å². The molecule has 0 saturated carbocycles. The van der Waals surface area contributed by atoms with E-state index in [1.165, 1.54) is 0 Å². The molecule has 33 heavy (non-hydrogen) atoms. The Morgan fingerprint density at radius 3 is 2.61 bits per heavy atom. The fourth-order valence-corrected chi connectivity index (χ4v) is 4.03. The summed E-state index contributed by atoms with van der Waals surface area (Å²) in [7, 11) is 0. The van der Waals surface area contributed by atoms with Crippen molar-refractivity contribution in [3.63, 3.8) is 0 Å². The number of carbonyl (C=O) groups is 1. The van der Waals surface area contributed by atoms with Gasteiger partial charge < -0.3 is 29.4 Å². The summed E-state index contributed by atoms with van der Waals surface area (Å²) in [5.74, 6) is 1.26. The van der Waals surface area contributed by atoms with Crippen molar-refractivity contribution in [3.8, 4) is 11.5 Å². The minimum atomic E-state index is -0.250. The molecule has 2 aliphatic rings. The molecule has 0 unspecified atom stereocenters. The van der Waals surface area contributed by atoms with Crippen molar-refractivity contribution in [3.05, 3.63) is 64.4 Å². The number of morpholine rings is 1. The number of aromatic nitrogens is 1. The first-order chi connectivity index (χ1) is 16.2. The SMILES string of the molecule is O=C(Nc1ccccc1)N(CCN1CCOCC1)Cc1cc2cc3c(cc2[nH]c1=O)OCO3. The maximum atomic E-state index is 13.1. The van der Waals surface area contributed by atoms with Gasteiger partial charge in [0.2, 0.25) is 6.79 Å². The number of amides is 2. The minimum absolute atomic E-state index is 0.164. The van der Waals surface area contributed by atoms with Crippen molar-refractivity contribution in [2.75, 3.05) is 51.5 Å². The number of urea groups is 1. The number of aromatic amines is 1. The number of benzene rings is 2. The molecule has 3 heterocycles. The van der Waals surface area contributed by atoms with Gasteiger partial charge >= 0.3 is 6.03 Å². The van der Waals surface area contributed by atoms with E-state index in [-0.39, 0.29) is 24.9 Å². The van der Waals surface area contributed by atoms with Crippen LogP contribution in [0.4, 0.5) is 10.5 Å². The number of hydrogen-bond acceptors (Lipinski definition) is 6. The van der Waals surface area contributed by atoms with Gasteiger partial charge in [0, 0.05) is 48.9 Å². The van der Waals surface area contributed by atoms with Crippen molar-refractivity contribution >= 4 is 22.6 Å². The van der Waals surface area contributed by atoms with Crippen molar-refractivity contribution < 1.29 is 19.0 Å². The molecule has 5 rings (SSSR count). The van der Waals surface area contributed by atoms with Crippen LogP contribution in [-0.2, 0) is 11.3 Å². The summed E-state index contributed by atoms with van der Waals surface area (Å²) < 4.78 is 16.3. The first kappa shape index (κ1) is 21.3. The summed E-state index contributed by atoms with van der Waals surface area (Å²) in [5, 5.41) is 3.76. The van der Waals surface area contributed by atoms with Gasteiger partial charge in [0.15, 0.2) is 11.5 Å². The van der Waals surface area contributed by atoms with Gasteiger partial charge in [-0.3, -0.25) is 9.69 Å². The molecule has 9 nitrogen and oxygen atoms in total. The summed E-state index contributed by atoms with van der Waals surface area (Å²) in [6.07, 6.45) is 0. The van der Waals surface area contributed by atoms with Crippen LogP contribution in [0.2, 0.25) is 0 Å². The van der Waals surface area contributed by atoms with E-state index in [4.69, 9.17) is 14.2 Å². The molecule has 0 bridgehead atoms. The number of carbonyl (C=O) groups excluding carboxylic acids is 1. The smallest absolute Gasteiger partial charge is 0.322 e. The van der Waals surface area contributed by atoms with Gasteiger partial charge in [0.1, 0.15) is 0 Å². The lowest BCUT2D eigenvalue weighted by Gasteiger charge is -2.30. The Labute approximate surface area is 190 Å². The standard InChI is InChI=1S/C24H26N4O5/c29-23-18(12-17-13-21-22(33-16-32-21)14-20(17)26-23)15-28(7-6-27-8-10-31-11-9-27)24(30)25-19-4-2-1-3-5-19/h1-5,12-14H,6-11,15-16H2,(H,25,30)(H,26,29). The molecular formula is C24H26N4O5. The molecule has 1 fully saturated rings. The first-order valence-electron chi connectivity index (χ1n) is 11.0. The predicted molar refractivity (Wildman–Crippen MR) is 124 cm³/mol. The summed E-state index contributed by atoms with van der Waals surface area (Å²) >= 11 is 0. The highest BCUT2D eigenvalue weighted by atomic mass is 16.7. The normalized spacial score (nSPS) is 15.5. The second-order valence-electron chi connectivity index (χ2n) is 8.09. The zero-order chi connectivity index (χ0) is 22.6. The fourth-order valence-electron chi connectivity index (χ4n) is 4.03. The van der Waals surface area contributed by atoms with Crippen LogP contribution in [-0.4, -0.2) is 67.0 Å². The Balaban J connectivity index is 1.38. The lowest BCUT2D eigenvalue weighted by atomic mass is 10.1. The van der Waals surface area contributed by atoms with Crippen molar-refractivity contribution in [1.82, 2.24) is 14.8 Å². The van der Waals surface area contributed by atoms with Crippen LogP contribution in [0.15, 0.2) is 53.3 Å². The molecule has 0 spiro atoms. The van der Waals surface area contributed by atoms with Gasteiger partial charge in [-0.25, -0.2) is 4.79 Å². The van der Waals surface area contributed by atoms with E-state index in [1.807, 2.05) is 42.5 Å². The Morgan fingerprint density at radius 1 is 1.06 bits per heavy atom. The predicted octanol–water partition coefficient (Wildman–Crippen LogP) is 2.62. The van der Waals surface area contributed by atoms with E-state index in [2.05, 4.69) is 15.2 Å². The summed E-state index contributed by atoms with van der Waals surface area (Å²) in [4.78, 5) is 32.8. The van der Waals surface area contributed by atoms with Crippen LogP contribution in [0.5, 0.6) is 11.5 Å². The summed E-state index contributed by atoms with van der Waals surface area (Å²) in [6.45, 7) is 4.58. The number of fused-ring (bicyclic) bond motifs is 2. The Hall–Kier alpha value is -3.56. The Bertz CT molecular complexity index is 1190. The number of hydrogen-bond donors (Lipinski definition) is 2. The Morgan fingerprint density at radius 2 is 1.82 bits per heavy atom. The van der Waals surface area contributed by atoms with Gasteiger partial charge in [-0.2, -0.15) is 0 Å². The quantitative estimate of drug-likeness (QED) is 0.600. The molecule has 1 aromatic heterocycles. The van der Waals surface area contributed by atoms with Gasteiger partial charge in [-0.05, 0) is 24.3 Å². The highest BCUT2D eigenvalue weighted by molar-refractivity contribution is 5.89. The van der Waals surface area contributed by atoms with Crippen LogP contribution in [0.3, 0.4) is 0 Å². The molecule has 1 saturated heterocycles. The van der Waals surface area contributed by atoms with E-state index >= 15 is 0 Å². The number of rotatable bonds is 6. The topological polar surface area (TPSA) is 96.1 Å². The van der Waals surface area contributed by atoms with Gasteiger partial charge in [-0.15, -0.1) is 0 Å². The lowest BCUT2D eigenvalue weighted by molar-refractivity contribution is 0.0349. The molecule has 2 aliphatic heterocycles. The first-order valence-corrected chi connectivity index (χ1v) is 11.0. The van der Waals surface area contributed by atoms with Crippen molar-refractivity contribution in [2.45, 2.75) is 6.54 Å². The number of nitrogens with one attached hydrogen (secondary N) is 2. The molecule has 2 amide bonds. The molecule has 2 N–H and O–H groups in total. The minimum Gasteiger partial charge on any atom is -0.454 e. The average Bonchev–Trinajstić information content (AvgIpc) is 3.29. The highest BCUT2D eigenvalue weighted by Gasteiger charge is 2.20. The molecule has 0 atom stereocenters. The third-order valence-corrected chi connectivity index (χ3v) is 5.88. The number of H-pyrrole nitrogens is 1. The number of nitrogens with zero attached hydrogens (tertiary/aromatic N) is 2. The van der Waals surface area contributed by atoms with Crippen molar-refractivity contribution in [2.24, 2.45) is 0 Å². The Kier molecular flexibility index (Phi) is 6.14. The van der Waals surface area contributed by atoms with Crippen molar-refractivity contribution in [1.29, 1.82) is 0 Å². The van der Waals surface area contributed by atoms with Crippen LogP contribution < -0.4 is 20.3 Å². The second kappa shape index (κ2) is 9.51. The molecule has 172 valence electrons. The number of para-hydroxylation sites is 1. The monoisotopic (exact) mass is 450 g/mol. The number of anilines is 1. The molecule has 3 aromatic rings. The zero-order valence-electron chi connectivity index (χ0n) is 18.2. The van der Waals surface area contributed by atoms with E-state index in [9.17, 15) is 9.59 Å². The number of pyridine rings is 1. The van der Waals surface area contributed by atoms with Gasteiger partial charge in [-0.1, -0.05) is 18.2 Å². The summed E-state index contributed by atoms with van der Waals surface area (Å²) in [5.41, 5.74) is 1.65. The maximum Gasteiger partial charge on any atom is 0.322 e. The second-order valence-corrected chi connectivity index (χ2v) is 8.09. The maximum absolute atomic E-state index is 13.1. The van der Waals surface area contributed by atoms with E-state index in [0.29, 0.717) is 54.6 Å². The van der Waals surface area contributed by atoms with Crippen LogP contribution in [0.1, 0.15) is 5.56 Å². The van der Waals surface area contributed by atoms with E-state index < -0.39 is 0 Å². The molecular weight excluding hydrogens is 424 g/mol. The zero-order valence-corrected chi connectivity index (χ0v) is 18.2. The average molecular weight is 450 g/mol. The third kappa shape index (κ3) is 4.94. The molecule has 2 aromatic carbocycles. The lowest BCUT2D eigenvalue weighted by Crippen LogP contribution is -2.44. The molecule has 0 aliphatic carbocycles. The highest BCUT2D eigenvalue weighted by Crippen LogP contribution is 2.35. The molecule has 0 radical (unpaired) electrons. The van der Waals surface area contributed by atoms with Crippen LogP contribution in [0.25, 0.3) is 10.9 Å². The summed E-state index contributed by atoms with van der Waals surface area (Å²) in [6, 6.07) is 14.5. The van der Waals surface area contributed by atoms with Crippen LogP contribution >= 0.6 is 0 Å². The largest absolute Gasteiger partial charge is 0.454 e. The van der Waals surface area contributed by atoms with E-state index in [1.54, 1.807) is 11.0 Å². The number of ether oxygens (including phenoxy) is 3. The fraction of sp³-hybridized carbons (Fsp3) is 0.333.